The number of carbonyl (C=O) groups is 1. The molecule has 1 fully saturated rings. The maximum absolute atomic E-state index is 12.6. The van der Waals surface area contributed by atoms with Gasteiger partial charge in [0.1, 0.15) is 0 Å². The van der Waals surface area contributed by atoms with Crippen molar-refractivity contribution in [3.05, 3.63) is 45.6 Å². The second-order valence-electron chi connectivity index (χ2n) is 5.85. The molecule has 0 bridgehead atoms. The topological polar surface area (TPSA) is 32.3 Å². The maximum Gasteiger partial charge on any atom is 0.256 e. The minimum atomic E-state index is -0.00805. The second kappa shape index (κ2) is 6.53. The summed E-state index contributed by atoms with van der Waals surface area (Å²) < 4.78 is 0. The number of carbonyl (C=O) groups excluding carboxylic acids is 1. The normalized spacial score (nSPS) is 14.9. The number of amides is 1. The molecule has 0 unspecified atom stereocenters. The van der Waals surface area contributed by atoms with Gasteiger partial charge in [0.25, 0.3) is 5.91 Å². The molecule has 116 valence electrons. The molecule has 0 aliphatic carbocycles. The second-order valence-corrected chi connectivity index (χ2v) is 7.31. The standard InChI is InChI=1S/C18H22N2OS/c1-13-12-15(14(2)22-13)18(21)19-16-8-4-5-9-17(16)20-10-6-3-7-11-20/h4-5,8-9,12H,3,6-7,10-11H2,1-2H3,(H,19,21). The summed E-state index contributed by atoms with van der Waals surface area (Å²) in [5.74, 6) is -0.00805. The Bertz CT molecular complexity index is 671. The number of hydrogen-bond donors (Lipinski definition) is 1. The number of nitrogens with one attached hydrogen (secondary N) is 1. The third kappa shape index (κ3) is 3.17. The highest BCUT2D eigenvalue weighted by molar-refractivity contribution is 7.12. The van der Waals surface area contributed by atoms with E-state index in [9.17, 15) is 4.79 Å². The van der Waals surface area contributed by atoms with Gasteiger partial charge in [-0.3, -0.25) is 4.79 Å². The van der Waals surface area contributed by atoms with E-state index in [0.717, 1.165) is 34.9 Å². The van der Waals surface area contributed by atoms with Gasteiger partial charge in [0.05, 0.1) is 16.9 Å². The number of hydrogen-bond acceptors (Lipinski definition) is 3. The Kier molecular flexibility index (Phi) is 4.48. The van der Waals surface area contributed by atoms with Crippen LogP contribution in [0.4, 0.5) is 11.4 Å². The Balaban J connectivity index is 1.83. The first-order chi connectivity index (χ1) is 10.6. The highest BCUT2D eigenvalue weighted by atomic mass is 32.1. The molecule has 1 aromatic heterocycles. The van der Waals surface area contributed by atoms with E-state index in [2.05, 4.69) is 16.3 Å². The van der Waals surface area contributed by atoms with E-state index in [-0.39, 0.29) is 5.91 Å². The lowest BCUT2D eigenvalue weighted by molar-refractivity contribution is 0.102. The molecule has 0 spiro atoms. The van der Waals surface area contributed by atoms with Crippen molar-refractivity contribution in [2.45, 2.75) is 33.1 Å². The van der Waals surface area contributed by atoms with Gasteiger partial charge in [-0.25, -0.2) is 0 Å². The fourth-order valence-electron chi connectivity index (χ4n) is 3.04. The number of rotatable bonds is 3. The van der Waals surface area contributed by atoms with Crippen LogP contribution >= 0.6 is 11.3 Å². The van der Waals surface area contributed by atoms with Crippen molar-refractivity contribution in [3.63, 3.8) is 0 Å². The van der Waals surface area contributed by atoms with Crippen LogP contribution < -0.4 is 10.2 Å². The van der Waals surface area contributed by atoms with Gasteiger partial charge < -0.3 is 10.2 Å². The Morgan fingerprint density at radius 1 is 1.14 bits per heavy atom. The summed E-state index contributed by atoms with van der Waals surface area (Å²) in [5.41, 5.74) is 2.84. The Labute approximate surface area is 136 Å². The number of anilines is 2. The van der Waals surface area contributed by atoms with Gasteiger partial charge in [0, 0.05) is 22.8 Å². The number of benzene rings is 1. The summed E-state index contributed by atoms with van der Waals surface area (Å²) >= 11 is 1.67. The molecule has 2 heterocycles. The number of nitrogens with zero attached hydrogens (tertiary/aromatic N) is 1. The minimum absolute atomic E-state index is 0.00805. The maximum atomic E-state index is 12.6. The molecular formula is C18H22N2OS. The molecule has 22 heavy (non-hydrogen) atoms. The number of aryl methyl sites for hydroxylation is 2. The van der Waals surface area contributed by atoms with Crippen LogP contribution in [0.3, 0.4) is 0 Å². The van der Waals surface area contributed by atoms with Crippen molar-refractivity contribution in [2.24, 2.45) is 0 Å². The minimum Gasteiger partial charge on any atom is -0.370 e. The summed E-state index contributed by atoms with van der Waals surface area (Å²) in [4.78, 5) is 17.2. The summed E-state index contributed by atoms with van der Waals surface area (Å²) in [5, 5.41) is 3.10. The molecule has 1 aliphatic heterocycles. The SMILES string of the molecule is Cc1cc(C(=O)Nc2ccccc2N2CCCCC2)c(C)s1. The highest BCUT2D eigenvalue weighted by Crippen LogP contribution is 2.29. The molecule has 3 rings (SSSR count). The van der Waals surface area contributed by atoms with Crippen LogP contribution in [0.1, 0.15) is 39.4 Å². The fourth-order valence-corrected chi connectivity index (χ4v) is 3.96. The Morgan fingerprint density at radius 3 is 2.55 bits per heavy atom. The zero-order valence-electron chi connectivity index (χ0n) is 13.2. The Hall–Kier alpha value is -1.81. The molecule has 1 N–H and O–H groups in total. The van der Waals surface area contributed by atoms with Crippen molar-refractivity contribution in [1.82, 2.24) is 0 Å². The molecule has 1 aliphatic rings. The van der Waals surface area contributed by atoms with Gasteiger partial charge in [-0.2, -0.15) is 0 Å². The molecule has 0 atom stereocenters. The molecule has 1 aromatic carbocycles. The van der Waals surface area contributed by atoms with E-state index in [4.69, 9.17) is 0 Å². The molecule has 0 radical (unpaired) electrons. The van der Waals surface area contributed by atoms with Crippen LogP contribution in [0.5, 0.6) is 0 Å². The van der Waals surface area contributed by atoms with E-state index in [1.54, 1.807) is 11.3 Å². The monoisotopic (exact) mass is 314 g/mol. The number of piperidine rings is 1. The van der Waals surface area contributed by atoms with Gasteiger partial charge in [0.15, 0.2) is 0 Å². The highest BCUT2D eigenvalue weighted by Gasteiger charge is 2.17. The van der Waals surface area contributed by atoms with Crippen LogP contribution in [0, 0.1) is 13.8 Å². The quantitative estimate of drug-likeness (QED) is 0.897. The van der Waals surface area contributed by atoms with Crippen LogP contribution in [-0.4, -0.2) is 19.0 Å². The van der Waals surface area contributed by atoms with Crippen LogP contribution in [0.2, 0.25) is 0 Å². The van der Waals surface area contributed by atoms with E-state index in [0.29, 0.717) is 0 Å². The lowest BCUT2D eigenvalue weighted by atomic mass is 10.1. The summed E-state index contributed by atoms with van der Waals surface area (Å²) in [6.07, 6.45) is 3.76. The first-order valence-corrected chi connectivity index (χ1v) is 8.69. The molecule has 4 heteroatoms. The molecule has 1 amide bonds. The largest absolute Gasteiger partial charge is 0.370 e. The van der Waals surface area contributed by atoms with E-state index < -0.39 is 0 Å². The molecular weight excluding hydrogens is 292 g/mol. The molecule has 1 saturated heterocycles. The van der Waals surface area contributed by atoms with E-state index in [1.165, 1.54) is 24.1 Å². The van der Waals surface area contributed by atoms with Crippen molar-refractivity contribution in [1.29, 1.82) is 0 Å². The fraction of sp³-hybridized carbons (Fsp3) is 0.389. The molecule has 0 saturated carbocycles. The lowest BCUT2D eigenvalue weighted by Crippen LogP contribution is -2.30. The summed E-state index contributed by atoms with van der Waals surface area (Å²) in [6.45, 7) is 6.19. The van der Waals surface area contributed by atoms with Crippen LogP contribution in [0.25, 0.3) is 0 Å². The van der Waals surface area contributed by atoms with E-state index >= 15 is 0 Å². The van der Waals surface area contributed by atoms with Crippen LogP contribution in [-0.2, 0) is 0 Å². The first-order valence-electron chi connectivity index (χ1n) is 7.87. The third-order valence-corrected chi connectivity index (χ3v) is 5.10. The predicted octanol–water partition coefficient (Wildman–Crippen LogP) is 4.61. The van der Waals surface area contributed by atoms with Gasteiger partial charge in [-0.05, 0) is 51.3 Å². The average molecular weight is 314 g/mol. The first kappa shape index (κ1) is 15.1. The third-order valence-electron chi connectivity index (χ3n) is 4.13. The van der Waals surface area contributed by atoms with Gasteiger partial charge >= 0.3 is 0 Å². The number of para-hydroxylation sites is 2. The lowest BCUT2D eigenvalue weighted by Gasteiger charge is -2.30. The van der Waals surface area contributed by atoms with E-state index in [1.807, 2.05) is 38.1 Å². The average Bonchev–Trinajstić information content (AvgIpc) is 2.87. The molecule has 2 aromatic rings. The molecule has 3 nitrogen and oxygen atoms in total. The zero-order chi connectivity index (χ0) is 15.5. The van der Waals surface area contributed by atoms with Gasteiger partial charge in [0.2, 0.25) is 0 Å². The van der Waals surface area contributed by atoms with Crippen LogP contribution in [0.15, 0.2) is 30.3 Å². The zero-order valence-corrected chi connectivity index (χ0v) is 14.0. The van der Waals surface area contributed by atoms with Crippen molar-refractivity contribution in [2.75, 3.05) is 23.3 Å². The van der Waals surface area contributed by atoms with Gasteiger partial charge in [-0.15, -0.1) is 11.3 Å². The van der Waals surface area contributed by atoms with Crippen molar-refractivity contribution >= 4 is 28.6 Å². The van der Waals surface area contributed by atoms with Gasteiger partial charge in [-0.1, -0.05) is 12.1 Å². The summed E-state index contributed by atoms with van der Waals surface area (Å²) in [6, 6.07) is 10.1. The predicted molar refractivity (Wildman–Crippen MR) is 94.3 cm³/mol. The van der Waals surface area contributed by atoms with Crippen molar-refractivity contribution < 1.29 is 4.79 Å². The Morgan fingerprint density at radius 2 is 1.86 bits per heavy atom. The summed E-state index contributed by atoms with van der Waals surface area (Å²) in [7, 11) is 0. The van der Waals surface area contributed by atoms with Crippen molar-refractivity contribution in [3.8, 4) is 0 Å². The smallest absolute Gasteiger partial charge is 0.256 e. The number of thiophene rings is 1.